The van der Waals surface area contributed by atoms with Crippen molar-refractivity contribution in [3.8, 4) is 0 Å². The molecule has 0 spiro atoms. The molecular weight excluding hydrogens is 230 g/mol. The van der Waals surface area contributed by atoms with Gasteiger partial charge >= 0.3 is 0 Å². The molecule has 0 saturated carbocycles. The quantitative estimate of drug-likeness (QED) is 0.673. The number of carbonyl (C=O) groups is 2. The number of rotatable bonds is 8. The van der Waals surface area contributed by atoms with Crippen LogP contribution in [0.5, 0.6) is 0 Å². The molecule has 0 radical (unpaired) electrons. The van der Waals surface area contributed by atoms with Gasteiger partial charge in [-0.2, -0.15) is 0 Å². The normalized spacial score (nSPS) is 11.2. The summed E-state index contributed by atoms with van der Waals surface area (Å²) in [4.78, 5) is 25.7. The zero-order valence-electron chi connectivity index (χ0n) is 12.1. The van der Waals surface area contributed by atoms with Crippen molar-refractivity contribution in [1.82, 2.24) is 10.2 Å². The SMILES string of the molecule is CCNC(=O)CN(CC)C(=O)C(CC)(CC)CN. The highest BCUT2D eigenvalue weighted by Crippen LogP contribution is 2.27. The van der Waals surface area contributed by atoms with Gasteiger partial charge < -0.3 is 16.0 Å². The van der Waals surface area contributed by atoms with Crippen LogP contribution in [0.15, 0.2) is 0 Å². The van der Waals surface area contributed by atoms with Crippen LogP contribution >= 0.6 is 0 Å². The summed E-state index contributed by atoms with van der Waals surface area (Å²) in [5.41, 5.74) is 5.24. The number of hydrogen-bond donors (Lipinski definition) is 2. The number of carbonyl (C=O) groups excluding carboxylic acids is 2. The number of nitrogens with two attached hydrogens (primary N) is 1. The van der Waals surface area contributed by atoms with Crippen LogP contribution in [0.1, 0.15) is 40.5 Å². The fourth-order valence-corrected chi connectivity index (χ4v) is 2.02. The summed E-state index contributed by atoms with van der Waals surface area (Å²) < 4.78 is 0. The molecule has 0 aliphatic rings. The first-order valence-corrected chi connectivity index (χ1v) is 6.77. The molecule has 5 nitrogen and oxygen atoms in total. The van der Waals surface area contributed by atoms with Crippen molar-refractivity contribution in [2.45, 2.75) is 40.5 Å². The van der Waals surface area contributed by atoms with Gasteiger partial charge in [-0.05, 0) is 26.7 Å². The Morgan fingerprint density at radius 2 is 1.72 bits per heavy atom. The summed E-state index contributed by atoms with van der Waals surface area (Å²) in [7, 11) is 0. The second kappa shape index (κ2) is 8.08. The van der Waals surface area contributed by atoms with Gasteiger partial charge in [-0.1, -0.05) is 13.8 Å². The molecule has 0 heterocycles. The highest BCUT2D eigenvalue weighted by molar-refractivity contribution is 5.88. The van der Waals surface area contributed by atoms with Crippen molar-refractivity contribution in [3.05, 3.63) is 0 Å². The van der Waals surface area contributed by atoms with Crippen molar-refractivity contribution in [3.63, 3.8) is 0 Å². The molecule has 2 amide bonds. The van der Waals surface area contributed by atoms with Gasteiger partial charge in [0.1, 0.15) is 0 Å². The lowest BCUT2D eigenvalue weighted by atomic mass is 9.81. The standard InChI is InChI=1S/C13H27N3O2/c1-5-13(6-2,10-14)12(18)16(8-4)9-11(17)15-7-3/h5-10,14H2,1-4H3,(H,15,17). The second-order valence-electron chi connectivity index (χ2n) is 4.46. The molecule has 0 aromatic carbocycles. The van der Waals surface area contributed by atoms with Crippen LogP contribution in [0, 0.1) is 5.41 Å². The Balaban J connectivity index is 4.83. The van der Waals surface area contributed by atoms with Crippen LogP contribution in [0.4, 0.5) is 0 Å². The van der Waals surface area contributed by atoms with Gasteiger partial charge in [-0.15, -0.1) is 0 Å². The molecule has 0 rings (SSSR count). The lowest BCUT2D eigenvalue weighted by Crippen LogP contribution is -2.50. The topological polar surface area (TPSA) is 75.4 Å². The molecule has 3 N–H and O–H groups in total. The molecule has 0 unspecified atom stereocenters. The van der Waals surface area contributed by atoms with Crippen LogP contribution < -0.4 is 11.1 Å². The number of nitrogens with zero attached hydrogens (tertiary/aromatic N) is 1. The van der Waals surface area contributed by atoms with E-state index in [1.165, 1.54) is 0 Å². The largest absolute Gasteiger partial charge is 0.355 e. The fourth-order valence-electron chi connectivity index (χ4n) is 2.02. The van der Waals surface area contributed by atoms with Crippen molar-refractivity contribution in [2.75, 3.05) is 26.2 Å². The maximum Gasteiger partial charge on any atom is 0.239 e. The van der Waals surface area contributed by atoms with Crippen LogP contribution in [0.2, 0.25) is 0 Å². The van der Waals surface area contributed by atoms with E-state index in [9.17, 15) is 9.59 Å². The first-order valence-electron chi connectivity index (χ1n) is 6.77. The Kier molecular flexibility index (Phi) is 7.59. The van der Waals surface area contributed by atoms with Crippen LogP contribution in [0.25, 0.3) is 0 Å². The van der Waals surface area contributed by atoms with E-state index in [0.29, 0.717) is 32.5 Å². The third kappa shape index (κ3) is 3.98. The summed E-state index contributed by atoms with van der Waals surface area (Å²) in [5.74, 6) is -0.130. The minimum Gasteiger partial charge on any atom is -0.355 e. The second-order valence-corrected chi connectivity index (χ2v) is 4.46. The molecule has 0 saturated heterocycles. The van der Waals surface area contributed by atoms with E-state index in [4.69, 9.17) is 5.73 Å². The molecule has 0 aromatic rings. The first-order chi connectivity index (χ1) is 8.51. The molecule has 0 aromatic heterocycles. The summed E-state index contributed by atoms with van der Waals surface area (Å²) in [6.07, 6.45) is 1.40. The molecule has 0 atom stereocenters. The van der Waals surface area contributed by atoms with E-state index < -0.39 is 5.41 Å². The van der Waals surface area contributed by atoms with Gasteiger partial charge in [-0.25, -0.2) is 0 Å². The number of hydrogen-bond acceptors (Lipinski definition) is 3. The van der Waals surface area contributed by atoms with E-state index in [2.05, 4.69) is 5.32 Å². The van der Waals surface area contributed by atoms with Crippen molar-refractivity contribution in [2.24, 2.45) is 11.1 Å². The predicted octanol–water partition coefficient (Wildman–Crippen LogP) is 0.736. The smallest absolute Gasteiger partial charge is 0.239 e. The Hall–Kier alpha value is -1.10. The van der Waals surface area contributed by atoms with Gasteiger partial charge in [0.2, 0.25) is 11.8 Å². The van der Waals surface area contributed by atoms with E-state index in [1.54, 1.807) is 4.90 Å². The Bertz CT molecular complexity index is 267. The lowest BCUT2D eigenvalue weighted by Gasteiger charge is -2.34. The summed E-state index contributed by atoms with van der Waals surface area (Å²) >= 11 is 0. The van der Waals surface area contributed by atoms with Crippen LogP contribution in [-0.4, -0.2) is 42.9 Å². The first kappa shape index (κ1) is 16.9. The van der Waals surface area contributed by atoms with Crippen molar-refractivity contribution in [1.29, 1.82) is 0 Å². The molecule has 0 aliphatic carbocycles. The summed E-state index contributed by atoms with van der Waals surface area (Å²) in [6.45, 7) is 9.21. The molecule has 106 valence electrons. The van der Waals surface area contributed by atoms with Gasteiger partial charge in [0.05, 0.1) is 12.0 Å². The highest BCUT2D eigenvalue weighted by Gasteiger charge is 2.36. The predicted molar refractivity (Wildman–Crippen MR) is 73.0 cm³/mol. The van der Waals surface area contributed by atoms with Gasteiger partial charge in [0, 0.05) is 19.6 Å². The Labute approximate surface area is 110 Å². The van der Waals surface area contributed by atoms with Crippen LogP contribution in [-0.2, 0) is 9.59 Å². The molecule has 0 aliphatic heterocycles. The van der Waals surface area contributed by atoms with Crippen LogP contribution in [0.3, 0.4) is 0 Å². The third-order valence-electron chi connectivity index (χ3n) is 3.58. The van der Waals surface area contributed by atoms with E-state index in [1.807, 2.05) is 27.7 Å². The van der Waals surface area contributed by atoms with Gasteiger partial charge in [0.15, 0.2) is 0 Å². The minimum absolute atomic E-state index is 0.0104. The van der Waals surface area contributed by atoms with Crippen molar-refractivity contribution < 1.29 is 9.59 Å². The third-order valence-corrected chi connectivity index (χ3v) is 3.58. The van der Waals surface area contributed by atoms with E-state index >= 15 is 0 Å². The maximum atomic E-state index is 12.5. The zero-order chi connectivity index (χ0) is 14.2. The maximum absolute atomic E-state index is 12.5. The number of nitrogens with one attached hydrogen (secondary N) is 1. The van der Waals surface area contributed by atoms with Crippen molar-refractivity contribution >= 4 is 11.8 Å². The van der Waals surface area contributed by atoms with Gasteiger partial charge in [0.25, 0.3) is 0 Å². The zero-order valence-corrected chi connectivity index (χ0v) is 12.1. The van der Waals surface area contributed by atoms with Gasteiger partial charge in [-0.3, -0.25) is 9.59 Å². The molecular formula is C13H27N3O2. The Morgan fingerprint density at radius 3 is 2.06 bits per heavy atom. The number of likely N-dealkylation sites (N-methyl/N-ethyl adjacent to an activating group) is 2. The molecule has 0 fully saturated rings. The number of amides is 2. The van der Waals surface area contributed by atoms with E-state index in [-0.39, 0.29) is 18.4 Å². The molecule has 0 bridgehead atoms. The highest BCUT2D eigenvalue weighted by atomic mass is 16.2. The summed E-state index contributed by atoms with van der Waals surface area (Å²) in [6, 6.07) is 0. The molecule has 5 heteroatoms. The minimum atomic E-state index is -0.525. The molecule has 18 heavy (non-hydrogen) atoms. The monoisotopic (exact) mass is 257 g/mol. The fraction of sp³-hybridized carbons (Fsp3) is 0.846. The summed E-state index contributed by atoms with van der Waals surface area (Å²) in [5, 5.41) is 2.71. The Morgan fingerprint density at radius 1 is 1.17 bits per heavy atom. The lowest BCUT2D eigenvalue weighted by molar-refractivity contribution is -0.144. The average Bonchev–Trinajstić information content (AvgIpc) is 2.38. The van der Waals surface area contributed by atoms with E-state index in [0.717, 1.165) is 0 Å². The average molecular weight is 257 g/mol.